The van der Waals surface area contributed by atoms with Crippen molar-refractivity contribution in [2.75, 3.05) is 6.54 Å². The predicted molar refractivity (Wildman–Crippen MR) is 57.5 cm³/mol. The van der Waals surface area contributed by atoms with Gasteiger partial charge in [0.2, 0.25) is 0 Å². The Bertz CT molecular complexity index is 279. The molecule has 2 rings (SSSR count). The average molecular weight is 212 g/mol. The van der Waals surface area contributed by atoms with Crippen molar-refractivity contribution in [2.24, 2.45) is 5.73 Å². The monoisotopic (exact) mass is 212 g/mol. The number of likely N-dealkylation sites (tertiary alicyclic amines) is 1. The van der Waals surface area contributed by atoms with E-state index in [0.29, 0.717) is 0 Å². The molecule has 1 unspecified atom stereocenters. The molecule has 15 heavy (non-hydrogen) atoms. The van der Waals surface area contributed by atoms with Crippen LogP contribution >= 0.6 is 0 Å². The van der Waals surface area contributed by atoms with Crippen molar-refractivity contribution in [3.05, 3.63) is 0 Å². The largest absolute Gasteiger partial charge is 0.444 e. The summed E-state index contributed by atoms with van der Waals surface area (Å²) in [5.74, 6) is 0. The lowest BCUT2D eigenvalue weighted by Crippen LogP contribution is -2.61. The number of ether oxygens (including phenoxy) is 1. The van der Waals surface area contributed by atoms with E-state index in [1.165, 1.54) is 0 Å². The molecule has 4 heteroatoms. The van der Waals surface area contributed by atoms with E-state index >= 15 is 0 Å². The van der Waals surface area contributed by atoms with Gasteiger partial charge in [-0.1, -0.05) is 0 Å². The summed E-state index contributed by atoms with van der Waals surface area (Å²) < 4.78 is 5.33. The Morgan fingerprint density at radius 2 is 2.07 bits per heavy atom. The molecule has 2 aliphatic rings. The summed E-state index contributed by atoms with van der Waals surface area (Å²) in [4.78, 5) is 13.6. The Labute approximate surface area is 90.8 Å². The molecule has 0 spiro atoms. The highest BCUT2D eigenvalue weighted by Gasteiger charge is 2.53. The van der Waals surface area contributed by atoms with E-state index in [-0.39, 0.29) is 17.7 Å². The maximum absolute atomic E-state index is 11.8. The number of hydrogen-bond acceptors (Lipinski definition) is 3. The molecule has 0 bridgehead atoms. The Kier molecular flexibility index (Phi) is 2.23. The fourth-order valence-corrected chi connectivity index (χ4v) is 2.00. The Morgan fingerprint density at radius 3 is 2.40 bits per heavy atom. The topological polar surface area (TPSA) is 55.6 Å². The molecule has 1 aliphatic carbocycles. The van der Waals surface area contributed by atoms with E-state index in [4.69, 9.17) is 10.5 Å². The highest BCUT2D eigenvalue weighted by atomic mass is 16.6. The zero-order valence-corrected chi connectivity index (χ0v) is 9.75. The quantitative estimate of drug-likeness (QED) is 0.716. The molecule has 4 nitrogen and oxygen atoms in total. The summed E-state index contributed by atoms with van der Waals surface area (Å²) >= 11 is 0. The van der Waals surface area contributed by atoms with Crippen molar-refractivity contribution in [1.29, 1.82) is 0 Å². The van der Waals surface area contributed by atoms with Gasteiger partial charge in [-0.3, -0.25) is 0 Å². The van der Waals surface area contributed by atoms with Gasteiger partial charge in [0.05, 0.1) is 6.04 Å². The second-order valence-corrected chi connectivity index (χ2v) is 5.71. The van der Waals surface area contributed by atoms with Crippen LogP contribution in [0.1, 0.15) is 40.0 Å². The minimum atomic E-state index is -0.414. The number of rotatable bonds is 1. The third kappa shape index (κ3) is 2.09. The molecule has 0 aromatic rings. The molecular weight excluding hydrogens is 192 g/mol. The molecule has 1 saturated carbocycles. The smallest absolute Gasteiger partial charge is 0.410 e. The minimum Gasteiger partial charge on any atom is -0.444 e. The van der Waals surface area contributed by atoms with Crippen molar-refractivity contribution in [1.82, 2.24) is 4.90 Å². The van der Waals surface area contributed by atoms with Gasteiger partial charge in [-0.2, -0.15) is 0 Å². The first-order chi connectivity index (χ1) is 6.82. The van der Waals surface area contributed by atoms with Crippen molar-refractivity contribution in [3.8, 4) is 0 Å². The Morgan fingerprint density at radius 1 is 1.47 bits per heavy atom. The average Bonchev–Trinajstić information content (AvgIpc) is 2.59. The van der Waals surface area contributed by atoms with Crippen LogP contribution in [0.2, 0.25) is 0 Å². The van der Waals surface area contributed by atoms with Gasteiger partial charge >= 0.3 is 6.09 Å². The molecule has 1 saturated heterocycles. The Hall–Kier alpha value is -0.770. The molecular formula is C11H20N2O2. The summed E-state index contributed by atoms with van der Waals surface area (Å²) in [7, 11) is 0. The fraction of sp³-hybridized carbons (Fsp3) is 0.909. The van der Waals surface area contributed by atoms with Gasteiger partial charge < -0.3 is 15.4 Å². The summed E-state index contributed by atoms with van der Waals surface area (Å²) in [6.45, 7) is 6.44. The van der Waals surface area contributed by atoms with Crippen molar-refractivity contribution < 1.29 is 9.53 Å². The molecule has 1 atom stereocenters. The van der Waals surface area contributed by atoms with Crippen LogP contribution in [0.15, 0.2) is 0 Å². The van der Waals surface area contributed by atoms with Crippen LogP contribution in [0, 0.1) is 0 Å². The first-order valence-corrected chi connectivity index (χ1v) is 5.60. The molecule has 2 N–H and O–H groups in total. The lowest BCUT2D eigenvalue weighted by Gasteiger charge is -2.44. The molecule has 86 valence electrons. The van der Waals surface area contributed by atoms with Gasteiger partial charge in [0, 0.05) is 12.1 Å². The van der Waals surface area contributed by atoms with Gasteiger partial charge in [-0.05, 0) is 40.0 Å². The van der Waals surface area contributed by atoms with E-state index in [2.05, 4.69) is 0 Å². The lowest BCUT2D eigenvalue weighted by molar-refractivity contribution is -0.0124. The first kappa shape index (κ1) is 10.7. The highest BCUT2D eigenvalue weighted by molar-refractivity contribution is 5.70. The van der Waals surface area contributed by atoms with Crippen molar-refractivity contribution in [2.45, 2.75) is 57.2 Å². The molecule has 1 aliphatic heterocycles. The second kappa shape index (κ2) is 3.11. The maximum Gasteiger partial charge on any atom is 0.410 e. The zero-order valence-electron chi connectivity index (χ0n) is 9.75. The van der Waals surface area contributed by atoms with Gasteiger partial charge in [-0.25, -0.2) is 4.79 Å². The van der Waals surface area contributed by atoms with E-state index < -0.39 is 5.60 Å². The van der Waals surface area contributed by atoms with Crippen LogP contribution in [0.4, 0.5) is 4.79 Å². The number of amides is 1. The standard InChI is InChI=1S/C11H20N2O2/c1-10(2,3)15-9(14)13-7-4-8(13)11(12)5-6-11/h8H,4-7,12H2,1-3H3. The number of nitrogens with zero attached hydrogens (tertiary/aromatic N) is 1. The lowest BCUT2D eigenvalue weighted by atomic mass is 9.94. The van der Waals surface area contributed by atoms with Crippen LogP contribution in [-0.2, 0) is 4.74 Å². The third-order valence-corrected chi connectivity index (χ3v) is 3.14. The number of carbonyl (C=O) groups excluding carboxylic acids is 1. The minimum absolute atomic E-state index is 0.102. The van der Waals surface area contributed by atoms with Gasteiger partial charge in [0.25, 0.3) is 0 Å². The van der Waals surface area contributed by atoms with Crippen LogP contribution < -0.4 is 5.73 Å². The maximum atomic E-state index is 11.8. The summed E-state index contributed by atoms with van der Waals surface area (Å²) in [5.41, 5.74) is 5.58. The summed E-state index contributed by atoms with van der Waals surface area (Å²) in [6.07, 6.45) is 2.89. The molecule has 1 heterocycles. The first-order valence-electron chi connectivity index (χ1n) is 5.60. The summed E-state index contributed by atoms with van der Waals surface area (Å²) in [5, 5.41) is 0. The zero-order chi connectivity index (χ0) is 11.3. The van der Waals surface area contributed by atoms with Crippen molar-refractivity contribution >= 4 is 6.09 Å². The molecule has 0 aromatic carbocycles. The fourth-order valence-electron chi connectivity index (χ4n) is 2.00. The molecule has 1 amide bonds. The predicted octanol–water partition coefficient (Wildman–Crippen LogP) is 1.49. The summed E-state index contributed by atoms with van der Waals surface area (Å²) in [6, 6.07) is 0.215. The van der Waals surface area contributed by atoms with Crippen LogP contribution in [0.3, 0.4) is 0 Å². The molecule has 0 radical (unpaired) electrons. The van der Waals surface area contributed by atoms with Crippen LogP contribution in [0.5, 0.6) is 0 Å². The Balaban J connectivity index is 1.92. The normalized spacial score (nSPS) is 28.3. The number of hydrogen-bond donors (Lipinski definition) is 1. The van der Waals surface area contributed by atoms with Gasteiger partial charge in [0.1, 0.15) is 5.60 Å². The number of carbonyl (C=O) groups is 1. The molecule has 2 fully saturated rings. The van der Waals surface area contributed by atoms with E-state index in [1.807, 2.05) is 20.8 Å². The van der Waals surface area contributed by atoms with E-state index in [9.17, 15) is 4.79 Å². The van der Waals surface area contributed by atoms with E-state index in [0.717, 1.165) is 25.8 Å². The third-order valence-electron chi connectivity index (χ3n) is 3.14. The van der Waals surface area contributed by atoms with Crippen LogP contribution in [-0.4, -0.2) is 34.7 Å². The second-order valence-electron chi connectivity index (χ2n) is 5.71. The SMILES string of the molecule is CC(C)(C)OC(=O)N1CCC1C1(N)CC1. The van der Waals surface area contributed by atoms with Crippen molar-refractivity contribution in [3.63, 3.8) is 0 Å². The molecule has 0 aromatic heterocycles. The number of nitrogens with two attached hydrogens (primary N) is 1. The van der Waals surface area contributed by atoms with Gasteiger partial charge in [-0.15, -0.1) is 0 Å². The van der Waals surface area contributed by atoms with Crippen LogP contribution in [0.25, 0.3) is 0 Å². The van der Waals surface area contributed by atoms with Gasteiger partial charge in [0.15, 0.2) is 0 Å². The van der Waals surface area contributed by atoms with E-state index in [1.54, 1.807) is 4.90 Å². The highest BCUT2D eigenvalue weighted by Crippen LogP contribution is 2.43.